The van der Waals surface area contributed by atoms with Crippen LogP contribution in [0.15, 0.2) is 36.0 Å². The topological polar surface area (TPSA) is 84.8 Å². The van der Waals surface area contributed by atoms with Crippen molar-refractivity contribution in [3.63, 3.8) is 0 Å². The van der Waals surface area contributed by atoms with Crippen molar-refractivity contribution in [3.8, 4) is 11.1 Å². The maximum atomic E-state index is 14.2. The van der Waals surface area contributed by atoms with Gasteiger partial charge in [-0.25, -0.2) is 4.39 Å². The fraction of sp³-hybridized carbons (Fsp3) is 0.118. The van der Waals surface area contributed by atoms with E-state index in [-0.39, 0.29) is 17.0 Å². The highest BCUT2D eigenvalue weighted by molar-refractivity contribution is 7.13. The second-order valence-electron chi connectivity index (χ2n) is 5.36. The number of carbonyl (C=O) groups excluding carboxylic acids is 2. The summed E-state index contributed by atoms with van der Waals surface area (Å²) in [5, 5.41) is 10.4. The number of carbonyl (C=O) groups is 2. The van der Waals surface area contributed by atoms with Crippen LogP contribution in [0.4, 0.5) is 9.52 Å². The van der Waals surface area contributed by atoms with Crippen LogP contribution in [-0.4, -0.2) is 26.9 Å². The zero-order valence-corrected chi connectivity index (χ0v) is 14.2. The standard InChI is InChI=1S/C17H13FN4O2S/c1-9-5-13(11-3-4-12(10(2)23)14(18)6-11)15(19-7-9)16(24)21-17-22-20-8-25-17/h3-8H,1-2H3,(H,21,22,24). The van der Waals surface area contributed by atoms with E-state index in [9.17, 15) is 14.0 Å². The van der Waals surface area contributed by atoms with E-state index in [1.165, 1.54) is 35.9 Å². The average molecular weight is 356 g/mol. The van der Waals surface area contributed by atoms with Crippen molar-refractivity contribution in [3.05, 3.63) is 58.6 Å². The molecule has 0 spiro atoms. The third kappa shape index (κ3) is 3.58. The fourth-order valence-corrected chi connectivity index (χ4v) is 2.76. The molecule has 0 saturated heterocycles. The van der Waals surface area contributed by atoms with E-state index in [0.29, 0.717) is 16.3 Å². The predicted octanol–water partition coefficient (Wildman–Crippen LogP) is 3.50. The normalized spacial score (nSPS) is 10.5. The molecule has 3 aromatic rings. The van der Waals surface area contributed by atoms with Gasteiger partial charge >= 0.3 is 0 Å². The highest BCUT2D eigenvalue weighted by Gasteiger charge is 2.18. The number of rotatable bonds is 4. The van der Waals surface area contributed by atoms with E-state index in [2.05, 4.69) is 20.5 Å². The molecule has 8 heteroatoms. The molecular weight excluding hydrogens is 343 g/mol. The predicted molar refractivity (Wildman–Crippen MR) is 92.2 cm³/mol. The number of nitrogens with one attached hydrogen (secondary N) is 1. The van der Waals surface area contributed by atoms with Crippen molar-refractivity contribution >= 4 is 28.2 Å². The van der Waals surface area contributed by atoms with Crippen molar-refractivity contribution in [2.75, 3.05) is 5.32 Å². The number of anilines is 1. The first kappa shape index (κ1) is 16.8. The Morgan fingerprint density at radius 2 is 2.04 bits per heavy atom. The molecule has 1 amide bonds. The van der Waals surface area contributed by atoms with Gasteiger partial charge in [0.15, 0.2) is 5.78 Å². The lowest BCUT2D eigenvalue weighted by Gasteiger charge is -2.10. The summed E-state index contributed by atoms with van der Waals surface area (Å²) in [6, 6.07) is 5.97. The summed E-state index contributed by atoms with van der Waals surface area (Å²) in [7, 11) is 0. The highest BCUT2D eigenvalue weighted by Crippen LogP contribution is 2.26. The maximum absolute atomic E-state index is 14.2. The van der Waals surface area contributed by atoms with Crippen LogP contribution in [0, 0.1) is 12.7 Å². The first-order valence-electron chi connectivity index (χ1n) is 7.30. The number of hydrogen-bond donors (Lipinski definition) is 1. The molecule has 6 nitrogen and oxygen atoms in total. The molecule has 2 aromatic heterocycles. The van der Waals surface area contributed by atoms with Crippen LogP contribution in [0.2, 0.25) is 0 Å². The van der Waals surface area contributed by atoms with Gasteiger partial charge in [-0.1, -0.05) is 17.4 Å². The number of halogens is 1. The summed E-state index contributed by atoms with van der Waals surface area (Å²) >= 11 is 1.18. The van der Waals surface area contributed by atoms with Crippen molar-refractivity contribution < 1.29 is 14.0 Å². The Morgan fingerprint density at radius 3 is 2.68 bits per heavy atom. The Hall–Kier alpha value is -3.00. The lowest BCUT2D eigenvalue weighted by atomic mass is 9.99. The second kappa shape index (κ2) is 6.86. The largest absolute Gasteiger partial charge is 0.295 e. The van der Waals surface area contributed by atoms with E-state index >= 15 is 0 Å². The SMILES string of the molecule is CC(=O)c1ccc(-c2cc(C)cnc2C(=O)Nc2nncs2)cc1F. The molecule has 3 rings (SSSR count). The summed E-state index contributed by atoms with van der Waals surface area (Å²) < 4.78 is 14.2. The van der Waals surface area contributed by atoms with Gasteiger partial charge in [-0.2, -0.15) is 0 Å². The van der Waals surface area contributed by atoms with Crippen LogP contribution >= 0.6 is 11.3 Å². The minimum atomic E-state index is -0.637. The highest BCUT2D eigenvalue weighted by atomic mass is 32.1. The van der Waals surface area contributed by atoms with Crippen molar-refractivity contribution in [2.24, 2.45) is 0 Å². The van der Waals surface area contributed by atoms with Crippen molar-refractivity contribution in [1.82, 2.24) is 15.2 Å². The quantitative estimate of drug-likeness (QED) is 0.723. The summed E-state index contributed by atoms with van der Waals surface area (Å²) in [4.78, 5) is 28.1. The summed E-state index contributed by atoms with van der Waals surface area (Å²) in [6.07, 6.45) is 1.55. The molecule has 0 atom stereocenters. The Morgan fingerprint density at radius 1 is 1.24 bits per heavy atom. The van der Waals surface area contributed by atoms with Gasteiger partial charge in [0.25, 0.3) is 5.91 Å². The first-order chi connectivity index (χ1) is 12.0. The van der Waals surface area contributed by atoms with Gasteiger partial charge in [0.2, 0.25) is 5.13 Å². The molecule has 1 aromatic carbocycles. The molecule has 0 fully saturated rings. The Bertz CT molecular complexity index is 957. The van der Waals surface area contributed by atoms with Gasteiger partial charge < -0.3 is 0 Å². The minimum Gasteiger partial charge on any atom is -0.295 e. The van der Waals surface area contributed by atoms with Crippen LogP contribution in [0.5, 0.6) is 0 Å². The molecule has 0 unspecified atom stereocenters. The molecule has 25 heavy (non-hydrogen) atoms. The van der Waals surface area contributed by atoms with Crippen LogP contribution in [-0.2, 0) is 0 Å². The number of nitrogens with zero attached hydrogens (tertiary/aromatic N) is 3. The Balaban J connectivity index is 2.04. The van der Waals surface area contributed by atoms with Crippen LogP contribution < -0.4 is 5.32 Å². The molecular formula is C17H13FN4O2S. The molecule has 126 valence electrons. The molecule has 0 radical (unpaired) electrons. The number of hydrogen-bond acceptors (Lipinski definition) is 6. The maximum Gasteiger partial charge on any atom is 0.276 e. The van der Waals surface area contributed by atoms with E-state index in [4.69, 9.17) is 0 Å². The van der Waals surface area contributed by atoms with E-state index in [1.807, 2.05) is 6.92 Å². The number of pyridine rings is 1. The third-order valence-electron chi connectivity index (χ3n) is 3.48. The number of amides is 1. The van der Waals surface area contributed by atoms with E-state index < -0.39 is 11.7 Å². The molecule has 1 N–H and O–H groups in total. The number of Topliss-reactive ketones (excluding diaryl/α,β-unsaturated/α-hetero) is 1. The van der Waals surface area contributed by atoms with Gasteiger partial charge in [-0.05, 0) is 43.2 Å². The Kier molecular flexibility index (Phi) is 4.62. The van der Waals surface area contributed by atoms with Crippen LogP contribution in [0.3, 0.4) is 0 Å². The third-order valence-corrected chi connectivity index (χ3v) is 4.09. The lowest BCUT2D eigenvalue weighted by Crippen LogP contribution is -2.15. The smallest absolute Gasteiger partial charge is 0.276 e. The lowest BCUT2D eigenvalue weighted by molar-refractivity contribution is 0.100. The molecule has 0 aliphatic heterocycles. The minimum absolute atomic E-state index is 0.00391. The van der Waals surface area contributed by atoms with Gasteiger partial charge in [-0.3, -0.25) is 19.9 Å². The van der Waals surface area contributed by atoms with Crippen molar-refractivity contribution in [1.29, 1.82) is 0 Å². The van der Waals surface area contributed by atoms with Crippen molar-refractivity contribution in [2.45, 2.75) is 13.8 Å². The average Bonchev–Trinajstić information content (AvgIpc) is 3.07. The molecule has 0 saturated carbocycles. The number of aromatic nitrogens is 3. The van der Waals surface area contributed by atoms with Gasteiger partial charge in [0.05, 0.1) is 5.56 Å². The molecule has 0 aliphatic rings. The molecule has 2 heterocycles. The second-order valence-corrected chi connectivity index (χ2v) is 6.19. The monoisotopic (exact) mass is 356 g/mol. The van der Waals surface area contributed by atoms with Crippen LogP contribution in [0.25, 0.3) is 11.1 Å². The first-order valence-corrected chi connectivity index (χ1v) is 8.18. The summed E-state index contributed by atoms with van der Waals surface area (Å²) in [5.41, 5.74) is 3.38. The van der Waals surface area contributed by atoms with Gasteiger partial charge in [-0.15, -0.1) is 10.2 Å². The van der Waals surface area contributed by atoms with Crippen LogP contribution in [0.1, 0.15) is 33.3 Å². The summed E-state index contributed by atoms with van der Waals surface area (Å²) in [5.74, 6) is -1.47. The van der Waals surface area contributed by atoms with E-state index in [0.717, 1.165) is 5.56 Å². The molecule has 0 bridgehead atoms. The van der Waals surface area contributed by atoms with Gasteiger partial charge in [0, 0.05) is 11.8 Å². The summed E-state index contributed by atoms with van der Waals surface area (Å²) in [6.45, 7) is 3.12. The number of benzene rings is 1. The van der Waals surface area contributed by atoms with Gasteiger partial charge in [0.1, 0.15) is 17.0 Å². The zero-order chi connectivity index (χ0) is 18.0. The van der Waals surface area contributed by atoms with E-state index in [1.54, 1.807) is 18.3 Å². The number of ketones is 1. The Labute approximate surface area is 146 Å². The number of aryl methyl sites for hydroxylation is 1. The fourth-order valence-electron chi connectivity index (χ4n) is 2.32. The molecule has 0 aliphatic carbocycles. The zero-order valence-electron chi connectivity index (χ0n) is 13.4.